The van der Waals surface area contributed by atoms with E-state index in [1.165, 1.54) is 34.8 Å². The standard InChI is InChI=1S/C19H25IO2/c1-4-6-8-16-18(20)17(9-7-5-2)22-19(16)14-10-12-15(21-3)13-11-14/h10-13H,4-9H2,1-3H3. The maximum absolute atomic E-state index is 6.26. The molecule has 1 aromatic carbocycles. The van der Waals surface area contributed by atoms with Crippen LogP contribution in [-0.4, -0.2) is 7.11 Å². The van der Waals surface area contributed by atoms with Crippen LogP contribution < -0.4 is 4.74 Å². The first-order valence-electron chi connectivity index (χ1n) is 8.15. The van der Waals surface area contributed by atoms with Gasteiger partial charge in [-0.05, 0) is 66.1 Å². The number of ether oxygens (including phenoxy) is 1. The topological polar surface area (TPSA) is 22.4 Å². The van der Waals surface area contributed by atoms with Crippen LogP contribution in [0, 0.1) is 3.57 Å². The smallest absolute Gasteiger partial charge is 0.138 e. The molecule has 0 amide bonds. The van der Waals surface area contributed by atoms with Gasteiger partial charge in [-0.25, -0.2) is 0 Å². The highest BCUT2D eigenvalue weighted by Crippen LogP contribution is 2.35. The zero-order chi connectivity index (χ0) is 15.9. The Kier molecular flexibility index (Phi) is 6.80. The van der Waals surface area contributed by atoms with Crippen LogP contribution in [0.2, 0.25) is 0 Å². The zero-order valence-electron chi connectivity index (χ0n) is 13.7. The molecule has 22 heavy (non-hydrogen) atoms. The van der Waals surface area contributed by atoms with E-state index >= 15 is 0 Å². The monoisotopic (exact) mass is 412 g/mol. The molecule has 0 unspecified atom stereocenters. The molecule has 2 nitrogen and oxygen atoms in total. The molecule has 0 atom stereocenters. The number of unbranched alkanes of at least 4 members (excludes halogenated alkanes) is 2. The lowest BCUT2D eigenvalue weighted by atomic mass is 10.0. The SMILES string of the molecule is CCCCc1oc(-c2ccc(OC)cc2)c(CCCC)c1I. The van der Waals surface area contributed by atoms with E-state index in [0.717, 1.165) is 35.7 Å². The van der Waals surface area contributed by atoms with Gasteiger partial charge in [-0.1, -0.05) is 26.7 Å². The van der Waals surface area contributed by atoms with Gasteiger partial charge in [0.05, 0.1) is 10.7 Å². The molecule has 1 heterocycles. The highest BCUT2D eigenvalue weighted by Gasteiger charge is 2.19. The predicted octanol–water partition coefficient (Wildman–Crippen LogP) is 6.25. The molecule has 0 aliphatic carbocycles. The van der Waals surface area contributed by atoms with Crippen LogP contribution in [0.4, 0.5) is 0 Å². The van der Waals surface area contributed by atoms with Crippen LogP contribution in [0.25, 0.3) is 11.3 Å². The molecule has 2 rings (SSSR count). The maximum Gasteiger partial charge on any atom is 0.138 e. The van der Waals surface area contributed by atoms with Gasteiger partial charge in [-0.15, -0.1) is 0 Å². The van der Waals surface area contributed by atoms with Crippen molar-refractivity contribution in [3.8, 4) is 17.1 Å². The van der Waals surface area contributed by atoms with Gasteiger partial charge in [-0.3, -0.25) is 0 Å². The van der Waals surface area contributed by atoms with Gasteiger partial charge in [0.25, 0.3) is 0 Å². The third kappa shape index (κ3) is 4.06. The summed E-state index contributed by atoms with van der Waals surface area (Å²) in [6.45, 7) is 4.45. The summed E-state index contributed by atoms with van der Waals surface area (Å²) in [7, 11) is 1.69. The molecule has 0 saturated carbocycles. The normalized spacial score (nSPS) is 10.9. The zero-order valence-corrected chi connectivity index (χ0v) is 15.9. The summed E-state index contributed by atoms with van der Waals surface area (Å²) in [5.74, 6) is 3.08. The van der Waals surface area contributed by atoms with Gasteiger partial charge >= 0.3 is 0 Å². The van der Waals surface area contributed by atoms with Crippen molar-refractivity contribution < 1.29 is 9.15 Å². The van der Waals surface area contributed by atoms with Crippen molar-refractivity contribution in [2.45, 2.75) is 52.4 Å². The maximum atomic E-state index is 6.26. The lowest BCUT2D eigenvalue weighted by Crippen LogP contribution is -1.90. The number of rotatable bonds is 8. The molecule has 1 aromatic heterocycles. The van der Waals surface area contributed by atoms with E-state index in [1.54, 1.807) is 7.11 Å². The number of furan rings is 1. The highest BCUT2D eigenvalue weighted by molar-refractivity contribution is 14.1. The Morgan fingerprint density at radius 1 is 1.00 bits per heavy atom. The van der Waals surface area contributed by atoms with Crippen molar-refractivity contribution in [2.75, 3.05) is 7.11 Å². The lowest BCUT2D eigenvalue weighted by molar-refractivity contribution is 0.415. The quantitative estimate of drug-likeness (QED) is 0.479. The Labute approximate surface area is 147 Å². The summed E-state index contributed by atoms with van der Waals surface area (Å²) in [5.41, 5.74) is 2.52. The number of halogens is 1. The Morgan fingerprint density at radius 3 is 2.23 bits per heavy atom. The van der Waals surface area contributed by atoms with Gasteiger partial charge in [0.15, 0.2) is 0 Å². The highest BCUT2D eigenvalue weighted by atomic mass is 127. The molecule has 0 aliphatic rings. The van der Waals surface area contributed by atoms with Crippen LogP contribution in [0.5, 0.6) is 5.75 Å². The lowest BCUT2D eigenvalue weighted by Gasteiger charge is -2.04. The number of hydrogen-bond donors (Lipinski definition) is 0. The molecule has 0 radical (unpaired) electrons. The molecule has 2 aromatic rings. The molecule has 0 bridgehead atoms. The Bertz CT molecular complexity index is 584. The largest absolute Gasteiger partial charge is 0.497 e. The molecule has 0 fully saturated rings. The van der Waals surface area contributed by atoms with E-state index < -0.39 is 0 Å². The van der Waals surface area contributed by atoms with Gasteiger partial charge in [0.2, 0.25) is 0 Å². The van der Waals surface area contributed by atoms with Crippen LogP contribution in [-0.2, 0) is 12.8 Å². The third-order valence-electron chi connectivity index (χ3n) is 3.90. The van der Waals surface area contributed by atoms with Gasteiger partial charge in [0, 0.05) is 17.5 Å². The van der Waals surface area contributed by atoms with E-state index in [1.807, 2.05) is 12.1 Å². The van der Waals surface area contributed by atoms with Crippen molar-refractivity contribution in [1.82, 2.24) is 0 Å². The fourth-order valence-electron chi connectivity index (χ4n) is 2.55. The molecule has 0 saturated heterocycles. The van der Waals surface area contributed by atoms with E-state index in [-0.39, 0.29) is 0 Å². The van der Waals surface area contributed by atoms with Crippen LogP contribution in [0.1, 0.15) is 50.9 Å². The first kappa shape index (κ1) is 17.4. The average molecular weight is 412 g/mol. The summed E-state index contributed by atoms with van der Waals surface area (Å²) in [6, 6.07) is 8.18. The van der Waals surface area contributed by atoms with E-state index in [2.05, 4.69) is 48.6 Å². The first-order chi connectivity index (χ1) is 10.7. The second kappa shape index (κ2) is 8.61. The molecule has 0 spiro atoms. The Hall–Kier alpha value is -0.970. The molecule has 0 N–H and O–H groups in total. The molecule has 120 valence electrons. The summed E-state index contributed by atoms with van der Waals surface area (Å²) >= 11 is 2.46. The minimum Gasteiger partial charge on any atom is -0.497 e. The van der Waals surface area contributed by atoms with E-state index in [9.17, 15) is 0 Å². The number of benzene rings is 1. The fourth-order valence-corrected chi connectivity index (χ4v) is 3.44. The minimum atomic E-state index is 0.881. The van der Waals surface area contributed by atoms with Crippen molar-refractivity contribution in [3.05, 3.63) is 39.2 Å². The van der Waals surface area contributed by atoms with Crippen LogP contribution >= 0.6 is 22.6 Å². The van der Waals surface area contributed by atoms with Crippen molar-refractivity contribution in [1.29, 1.82) is 0 Å². The van der Waals surface area contributed by atoms with Gasteiger partial charge < -0.3 is 9.15 Å². The summed E-state index contributed by atoms with van der Waals surface area (Å²) in [4.78, 5) is 0. The van der Waals surface area contributed by atoms with E-state index in [4.69, 9.17) is 9.15 Å². The fraction of sp³-hybridized carbons (Fsp3) is 0.474. The Balaban J connectivity index is 2.37. The second-order valence-electron chi connectivity index (χ2n) is 5.58. The first-order valence-corrected chi connectivity index (χ1v) is 9.23. The third-order valence-corrected chi connectivity index (χ3v) is 5.15. The summed E-state index contributed by atoms with van der Waals surface area (Å²) in [6.07, 6.45) is 6.90. The number of aryl methyl sites for hydroxylation is 1. The molecular weight excluding hydrogens is 387 g/mol. The number of methoxy groups -OCH3 is 1. The van der Waals surface area contributed by atoms with E-state index in [0.29, 0.717) is 0 Å². The second-order valence-corrected chi connectivity index (χ2v) is 6.66. The molecule has 3 heteroatoms. The van der Waals surface area contributed by atoms with Gasteiger partial charge in [0.1, 0.15) is 17.3 Å². The average Bonchev–Trinajstić information content (AvgIpc) is 2.87. The summed E-state index contributed by atoms with van der Waals surface area (Å²) in [5, 5.41) is 0. The van der Waals surface area contributed by atoms with Crippen molar-refractivity contribution in [2.24, 2.45) is 0 Å². The summed E-state index contributed by atoms with van der Waals surface area (Å²) < 4.78 is 12.8. The molecule has 0 aliphatic heterocycles. The Morgan fingerprint density at radius 2 is 1.64 bits per heavy atom. The number of hydrogen-bond acceptors (Lipinski definition) is 2. The van der Waals surface area contributed by atoms with Gasteiger partial charge in [-0.2, -0.15) is 0 Å². The minimum absolute atomic E-state index is 0.881. The molecular formula is C19H25IO2. The van der Waals surface area contributed by atoms with Crippen molar-refractivity contribution in [3.63, 3.8) is 0 Å². The van der Waals surface area contributed by atoms with Crippen LogP contribution in [0.15, 0.2) is 28.7 Å². The predicted molar refractivity (Wildman–Crippen MR) is 101 cm³/mol. The van der Waals surface area contributed by atoms with Crippen LogP contribution in [0.3, 0.4) is 0 Å². The van der Waals surface area contributed by atoms with Crippen molar-refractivity contribution >= 4 is 22.6 Å².